The van der Waals surface area contributed by atoms with E-state index in [4.69, 9.17) is 21.6 Å². The number of rotatable bonds is 4. The van der Waals surface area contributed by atoms with Gasteiger partial charge in [0.15, 0.2) is 11.6 Å². The summed E-state index contributed by atoms with van der Waals surface area (Å²) in [4.78, 5) is 16.5. The predicted octanol–water partition coefficient (Wildman–Crippen LogP) is 4.49. The molecule has 3 aromatic heterocycles. The molecule has 33 heavy (non-hydrogen) atoms. The van der Waals surface area contributed by atoms with E-state index in [1.165, 1.54) is 0 Å². The summed E-state index contributed by atoms with van der Waals surface area (Å²) in [7, 11) is 0. The summed E-state index contributed by atoms with van der Waals surface area (Å²) < 4.78 is 2.05. The Hall–Kier alpha value is -3.37. The Morgan fingerprint density at radius 1 is 1.15 bits per heavy atom. The first kappa shape index (κ1) is 20.3. The van der Waals surface area contributed by atoms with Crippen molar-refractivity contribution in [1.82, 2.24) is 35.1 Å². The third-order valence-electron chi connectivity index (χ3n) is 6.01. The number of hydrogen-bond donors (Lipinski definition) is 1. The van der Waals surface area contributed by atoms with E-state index < -0.39 is 0 Å². The molecule has 1 aromatic carbocycles. The first-order valence-corrected chi connectivity index (χ1v) is 11.9. The molecular weight excluding hydrogens is 458 g/mol. The van der Waals surface area contributed by atoms with Gasteiger partial charge >= 0.3 is 0 Å². The molecule has 166 valence electrons. The van der Waals surface area contributed by atoms with Crippen LogP contribution in [0.25, 0.3) is 5.69 Å². The van der Waals surface area contributed by atoms with Crippen LogP contribution in [0.3, 0.4) is 0 Å². The summed E-state index contributed by atoms with van der Waals surface area (Å²) in [6, 6.07) is 7.67. The van der Waals surface area contributed by atoms with Gasteiger partial charge in [-0.05, 0) is 37.6 Å². The molecule has 5 heterocycles. The summed E-state index contributed by atoms with van der Waals surface area (Å²) in [6.45, 7) is 4.09. The second-order valence-electron chi connectivity index (χ2n) is 7.93. The maximum absolute atomic E-state index is 6.18. The summed E-state index contributed by atoms with van der Waals surface area (Å²) in [6.07, 6.45) is 6.34. The van der Waals surface area contributed by atoms with Crippen molar-refractivity contribution >= 4 is 40.7 Å². The maximum atomic E-state index is 6.18. The van der Waals surface area contributed by atoms with Crippen LogP contribution in [-0.2, 0) is 0 Å². The predicted molar refractivity (Wildman–Crippen MR) is 128 cm³/mol. The molecule has 0 amide bonds. The molecule has 0 saturated carbocycles. The largest absolute Gasteiger partial charge is 0.314 e. The number of halogens is 1. The van der Waals surface area contributed by atoms with Gasteiger partial charge in [0.25, 0.3) is 0 Å². The van der Waals surface area contributed by atoms with Gasteiger partial charge in [-0.25, -0.2) is 15.0 Å². The van der Waals surface area contributed by atoms with Crippen molar-refractivity contribution < 1.29 is 0 Å². The zero-order valence-electron chi connectivity index (χ0n) is 17.9. The average Bonchev–Trinajstić information content (AvgIpc) is 3.59. The minimum atomic E-state index is -0.128. The third kappa shape index (κ3) is 3.20. The van der Waals surface area contributed by atoms with Crippen LogP contribution in [0.15, 0.2) is 47.1 Å². The zero-order chi connectivity index (χ0) is 22.5. The highest BCUT2D eigenvalue weighted by atomic mass is 35.5. The van der Waals surface area contributed by atoms with Gasteiger partial charge in [0.1, 0.15) is 28.4 Å². The van der Waals surface area contributed by atoms with Crippen molar-refractivity contribution in [1.29, 1.82) is 0 Å². The number of aryl methyl sites for hydroxylation is 1. The van der Waals surface area contributed by atoms with Gasteiger partial charge in [-0.2, -0.15) is 5.10 Å². The Labute approximate surface area is 199 Å². The van der Waals surface area contributed by atoms with Crippen molar-refractivity contribution in [3.8, 4) is 5.69 Å². The third-order valence-corrected chi connectivity index (χ3v) is 7.12. The zero-order valence-corrected chi connectivity index (χ0v) is 19.5. The molecule has 1 N–H and O–H groups in total. The Balaban J connectivity index is 1.52. The lowest BCUT2D eigenvalue weighted by Gasteiger charge is -2.37. The highest BCUT2D eigenvalue weighted by Crippen LogP contribution is 2.44. The van der Waals surface area contributed by atoms with Crippen molar-refractivity contribution in [2.24, 2.45) is 5.10 Å². The molecule has 0 bridgehead atoms. The topological polar surface area (TPSA) is 97.0 Å². The highest BCUT2D eigenvalue weighted by Gasteiger charge is 2.38. The monoisotopic (exact) mass is 477 g/mol. The van der Waals surface area contributed by atoms with Crippen LogP contribution < -0.4 is 10.3 Å². The van der Waals surface area contributed by atoms with Crippen LogP contribution in [0, 0.1) is 6.92 Å². The van der Waals surface area contributed by atoms with E-state index in [2.05, 4.69) is 42.1 Å². The first-order chi connectivity index (χ1) is 16.2. The average molecular weight is 478 g/mol. The van der Waals surface area contributed by atoms with Crippen molar-refractivity contribution in [3.63, 3.8) is 0 Å². The number of nitrogens with one attached hydrogen (secondary N) is 1. The number of nitrogens with zero attached hydrogens (tertiary/aromatic N) is 8. The normalized spacial score (nSPS) is 21.1. The molecule has 2 unspecified atom stereocenters. The minimum absolute atomic E-state index is 0.0345. The molecule has 0 radical (unpaired) electrons. The number of anilines is 2. The van der Waals surface area contributed by atoms with E-state index in [1.807, 2.05) is 49.0 Å². The molecule has 2 aliphatic rings. The Morgan fingerprint density at radius 2 is 2.00 bits per heavy atom. The van der Waals surface area contributed by atoms with Gasteiger partial charge in [-0.1, -0.05) is 18.5 Å². The Kier molecular flexibility index (Phi) is 4.84. The first-order valence-electron chi connectivity index (χ1n) is 10.7. The van der Waals surface area contributed by atoms with Crippen LogP contribution in [0.4, 0.5) is 11.5 Å². The molecule has 2 aliphatic heterocycles. The second-order valence-corrected chi connectivity index (χ2v) is 9.29. The molecule has 3 atom stereocenters. The number of benzene rings is 1. The fourth-order valence-electron chi connectivity index (χ4n) is 4.48. The summed E-state index contributed by atoms with van der Waals surface area (Å²) in [5, 5.41) is 16.8. The molecular formula is C22H20ClN9S. The lowest BCUT2D eigenvalue weighted by Crippen LogP contribution is -2.33. The molecule has 0 fully saturated rings. The molecule has 6 rings (SSSR count). The van der Waals surface area contributed by atoms with Crippen LogP contribution in [-0.4, -0.2) is 35.9 Å². The highest BCUT2D eigenvalue weighted by molar-refractivity contribution is 7.09. The fraction of sp³-hybridized carbons (Fsp3) is 0.273. The van der Waals surface area contributed by atoms with E-state index in [0.29, 0.717) is 10.8 Å². The van der Waals surface area contributed by atoms with Crippen LogP contribution in [0.1, 0.15) is 53.8 Å². The van der Waals surface area contributed by atoms with Gasteiger partial charge in [0, 0.05) is 28.5 Å². The summed E-state index contributed by atoms with van der Waals surface area (Å²) in [5.41, 5.74) is 5.00. The molecule has 9 nitrogen and oxygen atoms in total. The van der Waals surface area contributed by atoms with E-state index in [9.17, 15) is 0 Å². The maximum Gasteiger partial charge on any atom is 0.161 e. The lowest BCUT2D eigenvalue weighted by atomic mass is 10.0. The van der Waals surface area contributed by atoms with Gasteiger partial charge in [-0.15, -0.1) is 21.5 Å². The quantitative estimate of drug-likeness (QED) is 0.462. The van der Waals surface area contributed by atoms with Gasteiger partial charge in [-0.3, -0.25) is 9.99 Å². The number of thiazole rings is 1. The van der Waals surface area contributed by atoms with E-state index in [0.717, 1.165) is 40.3 Å². The molecule has 0 saturated heterocycles. The standard InChI is InChI=1S/C22H20ClN9S/c1-3-16-21-30-28-12(2)31(21)17-11-25-19(15-10-26-29-18(15)22-24-8-9-33-22)27-20(17)32(16)14-6-4-13(23)5-7-14/h4-11,15-16,18,29H,3H2,1-2H3/t15?,16-,18?/m0/s1. The minimum Gasteiger partial charge on any atom is -0.314 e. The molecule has 0 spiro atoms. The van der Waals surface area contributed by atoms with Crippen LogP contribution in [0.2, 0.25) is 5.02 Å². The van der Waals surface area contributed by atoms with Crippen molar-refractivity contribution in [2.75, 3.05) is 4.90 Å². The summed E-state index contributed by atoms with van der Waals surface area (Å²) >= 11 is 7.78. The van der Waals surface area contributed by atoms with Crippen molar-refractivity contribution in [3.05, 3.63) is 69.5 Å². The molecule has 4 aromatic rings. The Morgan fingerprint density at radius 3 is 2.76 bits per heavy atom. The number of aromatic nitrogens is 6. The molecule has 11 heteroatoms. The van der Waals surface area contributed by atoms with Gasteiger partial charge in [0.05, 0.1) is 18.2 Å². The van der Waals surface area contributed by atoms with E-state index in [-0.39, 0.29) is 18.0 Å². The van der Waals surface area contributed by atoms with Crippen molar-refractivity contribution in [2.45, 2.75) is 38.3 Å². The smallest absolute Gasteiger partial charge is 0.161 e. The summed E-state index contributed by atoms with van der Waals surface area (Å²) in [5.74, 6) is 3.05. The van der Waals surface area contributed by atoms with Crippen LogP contribution in [0.5, 0.6) is 0 Å². The Bertz CT molecular complexity index is 1330. The number of fused-ring (bicyclic) bond motifs is 3. The lowest BCUT2D eigenvalue weighted by molar-refractivity contribution is 0.548. The molecule has 0 aliphatic carbocycles. The number of hydrogen-bond acceptors (Lipinski definition) is 9. The second kappa shape index (κ2) is 7.89. The van der Waals surface area contributed by atoms with Crippen LogP contribution >= 0.6 is 22.9 Å². The van der Waals surface area contributed by atoms with Gasteiger partial charge < -0.3 is 4.90 Å². The van der Waals surface area contributed by atoms with E-state index >= 15 is 0 Å². The SMILES string of the molecule is CC[C@H]1c2nnc(C)n2-c2cnc(C3C=NNC3c3nccs3)nc2N1c1ccc(Cl)cc1. The fourth-order valence-corrected chi connectivity index (χ4v) is 5.34. The number of hydrazone groups is 1. The van der Waals surface area contributed by atoms with Gasteiger partial charge in [0.2, 0.25) is 0 Å². The van der Waals surface area contributed by atoms with E-state index in [1.54, 1.807) is 17.5 Å².